The monoisotopic (exact) mass is 422 g/mol. The first kappa shape index (κ1) is 22.2. The minimum absolute atomic E-state index is 0.0437. The van der Waals surface area contributed by atoms with Crippen molar-refractivity contribution in [1.29, 1.82) is 0 Å². The van der Waals surface area contributed by atoms with E-state index in [2.05, 4.69) is 0 Å². The van der Waals surface area contributed by atoms with Crippen molar-refractivity contribution >= 4 is 21.8 Å². The van der Waals surface area contributed by atoms with Crippen LogP contribution >= 0.6 is 0 Å². The Morgan fingerprint density at radius 1 is 0.931 bits per heavy atom. The Bertz CT molecular complexity index is 1070. The molecule has 2 aromatic rings. The van der Waals surface area contributed by atoms with Crippen LogP contribution in [0.4, 0.5) is 0 Å². The SMILES string of the molecule is CCOC(=O)c1cc(O)c(C(=O)OCC)c(S(=O)(=O)c2ccc(C)c(C)c2)c1O. The second-order valence-electron chi connectivity index (χ2n) is 6.19. The maximum Gasteiger partial charge on any atom is 0.343 e. The standard InChI is InChI=1S/C20H22O8S/c1-5-27-19(23)14-10-15(21)16(20(24)28-6-2)18(17(14)22)29(25,26)13-8-7-11(3)12(4)9-13/h7-10,21-22H,5-6H2,1-4H3. The zero-order valence-electron chi connectivity index (χ0n) is 16.5. The van der Waals surface area contributed by atoms with Gasteiger partial charge in [-0.3, -0.25) is 0 Å². The highest BCUT2D eigenvalue weighted by molar-refractivity contribution is 7.91. The van der Waals surface area contributed by atoms with Gasteiger partial charge in [0, 0.05) is 0 Å². The molecule has 0 atom stereocenters. The van der Waals surface area contributed by atoms with Gasteiger partial charge in [0.2, 0.25) is 9.84 Å². The lowest BCUT2D eigenvalue weighted by molar-refractivity contribution is 0.0500. The number of rotatable bonds is 6. The molecule has 0 saturated heterocycles. The lowest BCUT2D eigenvalue weighted by Crippen LogP contribution is -2.16. The number of phenols is 2. The van der Waals surface area contributed by atoms with Gasteiger partial charge < -0.3 is 19.7 Å². The van der Waals surface area contributed by atoms with E-state index in [1.54, 1.807) is 19.9 Å². The molecule has 29 heavy (non-hydrogen) atoms. The van der Waals surface area contributed by atoms with Gasteiger partial charge in [-0.25, -0.2) is 18.0 Å². The molecule has 0 aliphatic rings. The largest absolute Gasteiger partial charge is 0.507 e. The Labute approximate surface area is 168 Å². The minimum Gasteiger partial charge on any atom is -0.507 e. The van der Waals surface area contributed by atoms with Gasteiger partial charge in [0.1, 0.15) is 27.5 Å². The van der Waals surface area contributed by atoms with Crippen LogP contribution < -0.4 is 0 Å². The molecule has 0 heterocycles. The first-order valence-corrected chi connectivity index (χ1v) is 10.3. The fourth-order valence-corrected chi connectivity index (χ4v) is 4.30. The number of phenolic OH excluding ortho intramolecular Hbond substituents is 2. The molecular weight excluding hydrogens is 400 g/mol. The second-order valence-corrected chi connectivity index (χ2v) is 8.07. The van der Waals surface area contributed by atoms with Crippen molar-refractivity contribution in [3.8, 4) is 11.5 Å². The van der Waals surface area contributed by atoms with Gasteiger partial charge in [-0.05, 0) is 57.0 Å². The molecule has 156 valence electrons. The molecule has 0 amide bonds. The summed E-state index contributed by atoms with van der Waals surface area (Å²) < 4.78 is 36.2. The summed E-state index contributed by atoms with van der Waals surface area (Å²) in [5.74, 6) is -4.03. The normalized spacial score (nSPS) is 11.2. The van der Waals surface area contributed by atoms with E-state index in [9.17, 15) is 28.2 Å². The molecule has 2 N–H and O–H groups in total. The lowest BCUT2D eigenvalue weighted by atomic mass is 10.1. The average Bonchev–Trinajstić information content (AvgIpc) is 2.65. The molecule has 0 radical (unpaired) electrons. The number of sulfone groups is 1. The van der Waals surface area contributed by atoms with Crippen molar-refractivity contribution in [3.63, 3.8) is 0 Å². The van der Waals surface area contributed by atoms with E-state index >= 15 is 0 Å². The Morgan fingerprint density at radius 2 is 1.52 bits per heavy atom. The summed E-state index contributed by atoms with van der Waals surface area (Å²) in [4.78, 5) is 23.4. The van der Waals surface area contributed by atoms with Gasteiger partial charge in [0.15, 0.2) is 0 Å². The van der Waals surface area contributed by atoms with E-state index in [0.29, 0.717) is 5.56 Å². The number of carbonyl (C=O) groups excluding carboxylic acids is 2. The van der Waals surface area contributed by atoms with Crippen LogP contribution in [0.25, 0.3) is 0 Å². The maximum atomic E-state index is 13.3. The van der Waals surface area contributed by atoms with Crippen LogP contribution in [0.2, 0.25) is 0 Å². The van der Waals surface area contributed by atoms with Crippen molar-refractivity contribution in [1.82, 2.24) is 0 Å². The summed E-state index contributed by atoms with van der Waals surface area (Å²) in [6, 6.07) is 5.02. The number of aromatic hydroxyl groups is 2. The van der Waals surface area contributed by atoms with Gasteiger partial charge in [-0.15, -0.1) is 0 Å². The third-order valence-electron chi connectivity index (χ3n) is 4.27. The molecule has 0 fully saturated rings. The molecule has 0 aliphatic heterocycles. The summed E-state index contributed by atoms with van der Waals surface area (Å²) in [5.41, 5.74) is 0.159. The van der Waals surface area contributed by atoms with E-state index in [1.165, 1.54) is 26.0 Å². The number of esters is 2. The number of benzene rings is 2. The summed E-state index contributed by atoms with van der Waals surface area (Å²) in [5, 5.41) is 21.0. The van der Waals surface area contributed by atoms with Crippen LogP contribution in [-0.4, -0.2) is 43.8 Å². The fraction of sp³-hybridized carbons (Fsp3) is 0.300. The molecule has 0 unspecified atom stereocenters. The Hall–Kier alpha value is -3.07. The highest BCUT2D eigenvalue weighted by atomic mass is 32.2. The quantitative estimate of drug-likeness (QED) is 0.537. The molecule has 0 aliphatic carbocycles. The molecule has 0 saturated carbocycles. The van der Waals surface area contributed by atoms with Crippen LogP contribution in [-0.2, 0) is 19.3 Å². The molecule has 2 aromatic carbocycles. The Balaban J connectivity index is 2.89. The van der Waals surface area contributed by atoms with E-state index in [0.717, 1.165) is 11.6 Å². The second kappa shape index (κ2) is 8.52. The number of aryl methyl sites for hydroxylation is 2. The van der Waals surface area contributed by atoms with E-state index < -0.39 is 49.3 Å². The van der Waals surface area contributed by atoms with Crippen LogP contribution in [0.1, 0.15) is 45.7 Å². The van der Waals surface area contributed by atoms with Crippen molar-refractivity contribution in [2.75, 3.05) is 13.2 Å². The third-order valence-corrected chi connectivity index (χ3v) is 6.08. The summed E-state index contributed by atoms with van der Waals surface area (Å²) in [6.45, 7) is 6.38. The number of carbonyl (C=O) groups is 2. The van der Waals surface area contributed by atoms with Crippen molar-refractivity contribution in [2.24, 2.45) is 0 Å². The van der Waals surface area contributed by atoms with Gasteiger partial charge in [0.05, 0.1) is 18.1 Å². The highest BCUT2D eigenvalue weighted by Gasteiger charge is 2.35. The number of ether oxygens (including phenoxy) is 2. The van der Waals surface area contributed by atoms with E-state index in [-0.39, 0.29) is 18.1 Å². The minimum atomic E-state index is -4.51. The maximum absolute atomic E-state index is 13.3. The van der Waals surface area contributed by atoms with Gasteiger partial charge in [0.25, 0.3) is 0 Å². The Morgan fingerprint density at radius 3 is 2.07 bits per heavy atom. The molecule has 2 rings (SSSR count). The molecule has 9 heteroatoms. The first-order valence-electron chi connectivity index (χ1n) is 8.81. The van der Waals surface area contributed by atoms with Crippen LogP contribution in [0.15, 0.2) is 34.1 Å². The van der Waals surface area contributed by atoms with E-state index in [1.807, 2.05) is 0 Å². The molecule has 0 spiro atoms. The number of hydrogen-bond acceptors (Lipinski definition) is 8. The smallest absolute Gasteiger partial charge is 0.343 e. The zero-order valence-corrected chi connectivity index (χ0v) is 17.3. The summed E-state index contributed by atoms with van der Waals surface area (Å²) >= 11 is 0. The first-order chi connectivity index (χ1) is 13.6. The highest BCUT2D eigenvalue weighted by Crippen LogP contribution is 2.40. The van der Waals surface area contributed by atoms with Crippen LogP contribution in [0, 0.1) is 13.8 Å². The molecule has 0 aromatic heterocycles. The zero-order chi connectivity index (χ0) is 21.9. The van der Waals surface area contributed by atoms with Crippen molar-refractivity contribution < 1.29 is 37.7 Å². The Kier molecular flexibility index (Phi) is 6.53. The predicted octanol–water partition coefficient (Wildman–Crippen LogP) is 2.90. The number of hydrogen-bond donors (Lipinski definition) is 2. The fourth-order valence-electron chi connectivity index (χ4n) is 2.66. The van der Waals surface area contributed by atoms with Crippen molar-refractivity contribution in [2.45, 2.75) is 37.5 Å². The van der Waals surface area contributed by atoms with Crippen molar-refractivity contribution in [3.05, 3.63) is 46.5 Å². The topological polar surface area (TPSA) is 127 Å². The molecular formula is C20H22O8S. The van der Waals surface area contributed by atoms with E-state index in [4.69, 9.17) is 9.47 Å². The van der Waals surface area contributed by atoms with Gasteiger partial charge in [-0.2, -0.15) is 0 Å². The third kappa shape index (κ3) is 4.19. The molecule has 0 bridgehead atoms. The summed E-state index contributed by atoms with van der Waals surface area (Å²) in [7, 11) is -4.51. The predicted molar refractivity (Wildman–Crippen MR) is 103 cm³/mol. The van der Waals surface area contributed by atoms with Crippen LogP contribution in [0.3, 0.4) is 0 Å². The van der Waals surface area contributed by atoms with Gasteiger partial charge >= 0.3 is 11.9 Å². The average molecular weight is 422 g/mol. The lowest BCUT2D eigenvalue weighted by Gasteiger charge is -2.16. The summed E-state index contributed by atoms with van der Waals surface area (Å²) in [6.07, 6.45) is 0. The molecule has 8 nitrogen and oxygen atoms in total. The van der Waals surface area contributed by atoms with Crippen LogP contribution in [0.5, 0.6) is 11.5 Å². The van der Waals surface area contributed by atoms with Gasteiger partial charge in [-0.1, -0.05) is 6.07 Å².